The molecule has 1 saturated heterocycles. The van der Waals surface area contributed by atoms with E-state index in [9.17, 15) is 4.79 Å². The van der Waals surface area contributed by atoms with Gasteiger partial charge in [0.1, 0.15) is 12.4 Å². The van der Waals surface area contributed by atoms with Gasteiger partial charge < -0.3 is 24.2 Å². The van der Waals surface area contributed by atoms with E-state index < -0.39 is 0 Å². The second-order valence-electron chi connectivity index (χ2n) is 6.93. The van der Waals surface area contributed by atoms with Crippen LogP contribution in [0.25, 0.3) is 11.4 Å². The molecule has 1 atom stereocenters. The number of nitrogens with one attached hydrogen (secondary N) is 1. The number of rotatable bonds is 6. The number of piperidine rings is 1. The Bertz CT molecular complexity index is 978. The molecule has 1 unspecified atom stereocenters. The van der Waals surface area contributed by atoms with Gasteiger partial charge in [0.2, 0.25) is 5.82 Å². The highest BCUT2D eigenvalue weighted by Crippen LogP contribution is 2.20. The van der Waals surface area contributed by atoms with Crippen molar-refractivity contribution < 1.29 is 18.8 Å². The molecular weight excluding hydrogens is 386 g/mol. The third-order valence-electron chi connectivity index (χ3n) is 4.84. The number of carbonyl (C=O) groups is 1. The summed E-state index contributed by atoms with van der Waals surface area (Å²) >= 11 is 0. The van der Waals surface area contributed by atoms with E-state index in [1.54, 1.807) is 30.5 Å². The van der Waals surface area contributed by atoms with Gasteiger partial charge in [0.25, 0.3) is 5.89 Å². The molecule has 2 aromatic heterocycles. The lowest BCUT2D eigenvalue weighted by Crippen LogP contribution is -2.45. The molecule has 0 radical (unpaired) electrons. The number of nitrogens with zero attached hydrogens (tertiary/aromatic N) is 4. The van der Waals surface area contributed by atoms with E-state index in [4.69, 9.17) is 14.0 Å². The van der Waals surface area contributed by atoms with Crippen LogP contribution < -0.4 is 10.1 Å². The van der Waals surface area contributed by atoms with Gasteiger partial charge >= 0.3 is 6.03 Å². The van der Waals surface area contributed by atoms with E-state index in [1.165, 1.54) is 0 Å². The van der Waals surface area contributed by atoms with Gasteiger partial charge in [-0.15, -0.1) is 0 Å². The normalized spacial score (nSPS) is 16.3. The minimum Gasteiger partial charge on any atom is -0.497 e. The summed E-state index contributed by atoms with van der Waals surface area (Å²) in [4.78, 5) is 22.7. The van der Waals surface area contributed by atoms with Gasteiger partial charge in [0, 0.05) is 42.8 Å². The van der Waals surface area contributed by atoms with Crippen molar-refractivity contribution in [1.82, 2.24) is 20.0 Å². The smallest absolute Gasteiger partial charge is 0.321 e. The van der Waals surface area contributed by atoms with Gasteiger partial charge in [-0.2, -0.15) is 4.98 Å². The number of hydrogen-bond donors (Lipinski definition) is 1. The van der Waals surface area contributed by atoms with Crippen molar-refractivity contribution in [3.05, 3.63) is 54.7 Å². The summed E-state index contributed by atoms with van der Waals surface area (Å²) in [7, 11) is 1.59. The Balaban J connectivity index is 1.30. The zero-order valence-electron chi connectivity index (χ0n) is 16.7. The summed E-state index contributed by atoms with van der Waals surface area (Å²) < 4.78 is 16.4. The number of anilines is 1. The highest BCUT2D eigenvalue weighted by molar-refractivity contribution is 5.89. The van der Waals surface area contributed by atoms with Crippen molar-refractivity contribution in [2.24, 2.45) is 0 Å². The molecule has 30 heavy (non-hydrogen) atoms. The first-order valence-electron chi connectivity index (χ1n) is 9.76. The third-order valence-corrected chi connectivity index (χ3v) is 4.84. The zero-order valence-corrected chi connectivity index (χ0v) is 16.7. The predicted octanol–water partition coefficient (Wildman–Crippen LogP) is 3.35. The van der Waals surface area contributed by atoms with Gasteiger partial charge in [0.05, 0.1) is 13.2 Å². The highest BCUT2D eigenvalue weighted by atomic mass is 16.5. The van der Waals surface area contributed by atoms with E-state index in [-0.39, 0.29) is 18.7 Å². The molecule has 156 valence electrons. The fourth-order valence-corrected chi connectivity index (χ4v) is 3.28. The molecular formula is C21H23N5O4. The van der Waals surface area contributed by atoms with Crippen molar-refractivity contribution in [2.75, 3.05) is 25.5 Å². The van der Waals surface area contributed by atoms with E-state index >= 15 is 0 Å². The molecule has 0 bridgehead atoms. The molecule has 0 spiro atoms. The average Bonchev–Trinajstić information content (AvgIpc) is 3.28. The van der Waals surface area contributed by atoms with Crippen LogP contribution in [0.3, 0.4) is 0 Å². The van der Waals surface area contributed by atoms with Gasteiger partial charge in [-0.3, -0.25) is 4.98 Å². The quantitative estimate of drug-likeness (QED) is 0.666. The Hall–Kier alpha value is -3.46. The SMILES string of the molecule is COc1cccc(NC(=O)N2CCCC(OCc3nc(-c4ccncc4)no3)C2)c1. The largest absolute Gasteiger partial charge is 0.497 e. The number of pyridine rings is 1. The second-order valence-corrected chi connectivity index (χ2v) is 6.93. The summed E-state index contributed by atoms with van der Waals surface area (Å²) in [5.74, 6) is 1.59. The van der Waals surface area contributed by atoms with Crippen LogP contribution in [0, 0.1) is 0 Å². The maximum absolute atomic E-state index is 12.6. The molecule has 1 aromatic carbocycles. The number of urea groups is 1. The Morgan fingerprint density at radius 2 is 2.17 bits per heavy atom. The number of hydrogen-bond acceptors (Lipinski definition) is 7. The molecule has 1 aliphatic heterocycles. The average molecular weight is 409 g/mol. The van der Waals surface area contributed by atoms with Crippen LogP contribution in [0.4, 0.5) is 10.5 Å². The lowest BCUT2D eigenvalue weighted by Gasteiger charge is -2.32. The summed E-state index contributed by atoms with van der Waals surface area (Å²) in [6.45, 7) is 1.39. The molecule has 0 aliphatic carbocycles. The standard InChI is InChI=1S/C21H23N5O4/c1-28-17-5-2-4-16(12-17)23-21(27)26-11-3-6-18(13-26)29-14-19-24-20(25-30-19)15-7-9-22-10-8-15/h2,4-5,7-10,12,18H,3,6,11,13-14H2,1H3,(H,23,27). The van der Waals surface area contributed by atoms with Crippen molar-refractivity contribution >= 4 is 11.7 Å². The summed E-state index contributed by atoms with van der Waals surface area (Å²) in [5.41, 5.74) is 1.52. The predicted molar refractivity (Wildman–Crippen MR) is 109 cm³/mol. The maximum Gasteiger partial charge on any atom is 0.321 e. The Morgan fingerprint density at radius 1 is 1.30 bits per heavy atom. The van der Waals surface area contributed by atoms with Crippen LogP contribution >= 0.6 is 0 Å². The molecule has 3 heterocycles. The first kappa shape index (κ1) is 19.8. The van der Waals surface area contributed by atoms with Gasteiger partial charge in [0.15, 0.2) is 0 Å². The molecule has 4 rings (SSSR count). The van der Waals surface area contributed by atoms with Crippen molar-refractivity contribution in [3.63, 3.8) is 0 Å². The van der Waals surface area contributed by atoms with Gasteiger partial charge in [-0.25, -0.2) is 4.79 Å². The van der Waals surface area contributed by atoms with Crippen LogP contribution in [-0.4, -0.2) is 52.4 Å². The Morgan fingerprint density at radius 3 is 3.00 bits per heavy atom. The third kappa shape index (κ3) is 4.93. The fraction of sp³-hybridized carbons (Fsp3) is 0.333. The lowest BCUT2D eigenvalue weighted by molar-refractivity contribution is -0.00916. The minimum atomic E-state index is -0.158. The van der Waals surface area contributed by atoms with Gasteiger partial charge in [-0.05, 0) is 37.1 Å². The lowest BCUT2D eigenvalue weighted by atomic mass is 10.1. The summed E-state index contributed by atoms with van der Waals surface area (Å²) in [6.07, 6.45) is 4.99. The molecule has 0 saturated carbocycles. The summed E-state index contributed by atoms with van der Waals surface area (Å²) in [5, 5.41) is 6.88. The molecule has 9 heteroatoms. The maximum atomic E-state index is 12.6. The number of ether oxygens (including phenoxy) is 2. The fourth-order valence-electron chi connectivity index (χ4n) is 3.28. The number of aromatic nitrogens is 3. The monoisotopic (exact) mass is 409 g/mol. The van der Waals surface area contributed by atoms with E-state index in [0.717, 1.165) is 18.4 Å². The number of amides is 2. The van der Waals surface area contributed by atoms with Crippen LogP contribution in [0.5, 0.6) is 5.75 Å². The summed E-state index contributed by atoms with van der Waals surface area (Å²) in [6, 6.07) is 10.7. The van der Waals surface area contributed by atoms with Crippen LogP contribution in [0.1, 0.15) is 18.7 Å². The molecule has 9 nitrogen and oxygen atoms in total. The minimum absolute atomic E-state index is 0.0916. The molecule has 2 amide bonds. The van der Waals surface area contributed by atoms with Crippen molar-refractivity contribution in [1.29, 1.82) is 0 Å². The number of benzene rings is 1. The number of carbonyl (C=O) groups excluding carboxylic acids is 1. The number of likely N-dealkylation sites (tertiary alicyclic amines) is 1. The van der Waals surface area contributed by atoms with Crippen LogP contribution in [-0.2, 0) is 11.3 Å². The molecule has 1 aliphatic rings. The Kier molecular flexibility index (Phi) is 6.19. The first-order valence-corrected chi connectivity index (χ1v) is 9.76. The van der Waals surface area contributed by atoms with Crippen LogP contribution in [0.2, 0.25) is 0 Å². The Labute approximate surface area is 174 Å². The van der Waals surface area contributed by atoms with E-state index in [0.29, 0.717) is 36.2 Å². The molecule has 1 N–H and O–H groups in total. The first-order chi connectivity index (χ1) is 14.7. The number of methoxy groups -OCH3 is 1. The van der Waals surface area contributed by atoms with Crippen molar-refractivity contribution in [3.8, 4) is 17.1 Å². The van der Waals surface area contributed by atoms with Crippen LogP contribution in [0.15, 0.2) is 53.3 Å². The zero-order chi connectivity index (χ0) is 20.8. The second kappa shape index (κ2) is 9.36. The molecule has 3 aromatic rings. The van der Waals surface area contributed by atoms with Gasteiger partial charge in [-0.1, -0.05) is 11.2 Å². The highest BCUT2D eigenvalue weighted by Gasteiger charge is 2.25. The van der Waals surface area contributed by atoms with E-state index in [1.807, 2.05) is 30.3 Å². The topological polar surface area (TPSA) is 103 Å². The van der Waals surface area contributed by atoms with Crippen molar-refractivity contribution in [2.45, 2.75) is 25.6 Å². The molecule has 1 fully saturated rings. The van der Waals surface area contributed by atoms with E-state index in [2.05, 4.69) is 20.4 Å².